The van der Waals surface area contributed by atoms with E-state index in [1.165, 1.54) is 5.56 Å². The summed E-state index contributed by atoms with van der Waals surface area (Å²) in [6, 6.07) is 24.9. The molecule has 1 aliphatic rings. The van der Waals surface area contributed by atoms with Crippen LogP contribution in [0, 0.1) is 12.8 Å². The van der Waals surface area contributed by atoms with Crippen LogP contribution in [0.4, 0.5) is 5.69 Å². The predicted octanol–water partition coefficient (Wildman–Crippen LogP) is 4.70. The summed E-state index contributed by atoms with van der Waals surface area (Å²) in [6.07, 6.45) is 0.222. The topological polar surface area (TPSA) is 88.3 Å². The standard InChI is InChI=1S/C27H24N4O3/c1-18-7-9-19(10-8-18)16-31-17-22(15-24(31)32)26(33)28-23-13-11-21(12-14-23)27-29-25(30-34-27)20-5-3-2-4-6-20/h2-14,22H,15-17H2,1H3,(H,28,33). The van der Waals surface area contributed by atoms with E-state index in [0.717, 1.165) is 16.7 Å². The van der Waals surface area contributed by atoms with Crippen molar-refractivity contribution in [1.29, 1.82) is 0 Å². The maximum absolute atomic E-state index is 12.8. The molecule has 1 unspecified atom stereocenters. The van der Waals surface area contributed by atoms with Crippen LogP contribution in [0.3, 0.4) is 0 Å². The molecule has 7 nitrogen and oxygen atoms in total. The molecule has 3 aromatic carbocycles. The zero-order valence-electron chi connectivity index (χ0n) is 18.8. The van der Waals surface area contributed by atoms with Crippen LogP contribution in [0.25, 0.3) is 22.8 Å². The number of anilines is 1. The van der Waals surface area contributed by atoms with Gasteiger partial charge in [-0.05, 0) is 36.8 Å². The molecule has 0 saturated carbocycles. The minimum absolute atomic E-state index is 0.00156. The van der Waals surface area contributed by atoms with Gasteiger partial charge in [-0.15, -0.1) is 0 Å². The van der Waals surface area contributed by atoms with Gasteiger partial charge in [0.1, 0.15) is 0 Å². The maximum atomic E-state index is 12.8. The van der Waals surface area contributed by atoms with Gasteiger partial charge in [0.05, 0.1) is 5.92 Å². The zero-order chi connectivity index (χ0) is 23.5. The number of hydrogen-bond donors (Lipinski definition) is 1. The van der Waals surface area contributed by atoms with Crippen LogP contribution in [0.15, 0.2) is 83.4 Å². The Balaban J connectivity index is 1.20. The van der Waals surface area contributed by atoms with E-state index in [4.69, 9.17) is 4.52 Å². The Labute approximate surface area is 197 Å². The highest BCUT2D eigenvalue weighted by atomic mass is 16.5. The Morgan fingerprint density at radius 3 is 2.47 bits per heavy atom. The third kappa shape index (κ3) is 4.73. The molecule has 1 saturated heterocycles. The molecule has 34 heavy (non-hydrogen) atoms. The second kappa shape index (κ2) is 9.31. The van der Waals surface area contributed by atoms with Gasteiger partial charge < -0.3 is 14.7 Å². The summed E-state index contributed by atoms with van der Waals surface area (Å²) in [5.74, 6) is 0.402. The third-order valence-corrected chi connectivity index (χ3v) is 5.94. The van der Waals surface area contributed by atoms with E-state index in [1.807, 2.05) is 73.7 Å². The van der Waals surface area contributed by atoms with Crippen molar-refractivity contribution in [3.63, 3.8) is 0 Å². The van der Waals surface area contributed by atoms with E-state index >= 15 is 0 Å². The first kappa shape index (κ1) is 21.6. The third-order valence-electron chi connectivity index (χ3n) is 5.94. The van der Waals surface area contributed by atoms with Crippen molar-refractivity contribution in [3.8, 4) is 22.8 Å². The molecular formula is C27H24N4O3. The highest BCUT2D eigenvalue weighted by Gasteiger charge is 2.34. The predicted molar refractivity (Wildman–Crippen MR) is 129 cm³/mol. The van der Waals surface area contributed by atoms with Gasteiger partial charge in [0, 0.05) is 36.3 Å². The van der Waals surface area contributed by atoms with Crippen molar-refractivity contribution < 1.29 is 14.1 Å². The average molecular weight is 453 g/mol. The quantitative estimate of drug-likeness (QED) is 0.458. The maximum Gasteiger partial charge on any atom is 0.258 e. The minimum Gasteiger partial charge on any atom is -0.338 e. The largest absolute Gasteiger partial charge is 0.338 e. The van der Waals surface area contributed by atoms with Gasteiger partial charge in [0.2, 0.25) is 17.6 Å². The first-order valence-corrected chi connectivity index (χ1v) is 11.2. The summed E-state index contributed by atoms with van der Waals surface area (Å²) in [4.78, 5) is 31.4. The van der Waals surface area contributed by atoms with E-state index in [2.05, 4.69) is 15.5 Å². The summed E-state index contributed by atoms with van der Waals surface area (Å²) in [5, 5.41) is 6.96. The Morgan fingerprint density at radius 1 is 1.00 bits per heavy atom. The fourth-order valence-electron chi connectivity index (χ4n) is 4.00. The van der Waals surface area contributed by atoms with E-state index in [1.54, 1.807) is 17.0 Å². The lowest BCUT2D eigenvalue weighted by Gasteiger charge is -2.17. The van der Waals surface area contributed by atoms with Crippen LogP contribution < -0.4 is 5.32 Å². The molecule has 2 heterocycles. The number of likely N-dealkylation sites (tertiary alicyclic amines) is 1. The van der Waals surface area contributed by atoms with Crippen LogP contribution in [0.2, 0.25) is 0 Å². The van der Waals surface area contributed by atoms with Gasteiger partial charge >= 0.3 is 0 Å². The van der Waals surface area contributed by atoms with Crippen LogP contribution in [0.1, 0.15) is 17.5 Å². The number of aryl methyl sites for hydroxylation is 1. The van der Waals surface area contributed by atoms with Gasteiger partial charge in [-0.1, -0.05) is 65.3 Å². The van der Waals surface area contributed by atoms with Gasteiger partial charge in [-0.25, -0.2) is 0 Å². The Bertz CT molecular complexity index is 1300. The van der Waals surface area contributed by atoms with Crippen LogP contribution in [-0.4, -0.2) is 33.4 Å². The zero-order valence-corrected chi connectivity index (χ0v) is 18.8. The fraction of sp³-hybridized carbons (Fsp3) is 0.185. The van der Waals surface area contributed by atoms with Crippen molar-refractivity contribution in [2.75, 3.05) is 11.9 Å². The normalized spacial score (nSPS) is 15.5. The SMILES string of the molecule is Cc1ccc(CN2CC(C(=O)Nc3ccc(-c4nc(-c5ccccc5)no4)cc3)CC2=O)cc1. The van der Waals surface area contributed by atoms with E-state index in [9.17, 15) is 9.59 Å². The van der Waals surface area contributed by atoms with Crippen LogP contribution >= 0.6 is 0 Å². The molecule has 7 heteroatoms. The van der Waals surface area contributed by atoms with Crippen LogP contribution in [-0.2, 0) is 16.1 Å². The summed E-state index contributed by atoms with van der Waals surface area (Å²) in [6.45, 7) is 2.97. The van der Waals surface area contributed by atoms with E-state index in [0.29, 0.717) is 30.5 Å². The molecule has 0 radical (unpaired) electrons. The molecule has 170 valence electrons. The lowest BCUT2D eigenvalue weighted by atomic mass is 10.1. The number of nitrogens with one attached hydrogen (secondary N) is 1. The number of rotatable bonds is 6. The van der Waals surface area contributed by atoms with Crippen LogP contribution in [0.5, 0.6) is 0 Å². The molecule has 1 aliphatic heterocycles. The molecule has 0 aliphatic carbocycles. The smallest absolute Gasteiger partial charge is 0.258 e. The van der Waals surface area contributed by atoms with Crippen molar-refractivity contribution in [1.82, 2.24) is 15.0 Å². The first-order chi connectivity index (χ1) is 16.5. The molecule has 0 bridgehead atoms. The molecule has 4 aromatic rings. The molecule has 1 N–H and O–H groups in total. The summed E-state index contributed by atoms with van der Waals surface area (Å²) >= 11 is 0. The molecule has 1 aromatic heterocycles. The molecule has 2 amide bonds. The molecule has 0 spiro atoms. The summed E-state index contributed by atoms with van der Waals surface area (Å²) in [7, 11) is 0. The van der Waals surface area contributed by atoms with Crippen molar-refractivity contribution in [2.45, 2.75) is 19.9 Å². The van der Waals surface area contributed by atoms with Crippen molar-refractivity contribution >= 4 is 17.5 Å². The highest BCUT2D eigenvalue weighted by Crippen LogP contribution is 2.25. The first-order valence-electron chi connectivity index (χ1n) is 11.2. The number of nitrogens with zero attached hydrogens (tertiary/aromatic N) is 3. The van der Waals surface area contributed by atoms with Gasteiger partial charge in [-0.3, -0.25) is 9.59 Å². The van der Waals surface area contributed by atoms with Gasteiger partial charge in [0.25, 0.3) is 5.89 Å². The number of hydrogen-bond acceptors (Lipinski definition) is 5. The molecule has 1 atom stereocenters. The number of aromatic nitrogens is 2. The Morgan fingerprint density at radius 2 is 1.74 bits per heavy atom. The Hall–Kier alpha value is -4.26. The van der Waals surface area contributed by atoms with E-state index in [-0.39, 0.29) is 24.2 Å². The lowest BCUT2D eigenvalue weighted by molar-refractivity contribution is -0.128. The molecule has 5 rings (SSSR count). The van der Waals surface area contributed by atoms with Gasteiger partial charge in [0.15, 0.2) is 0 Å². The summed E-state index contributed by atoms with van der Waals surface area (Å²) < 4.78 is 5.39. The fourth-order valence-corrected chi connectivity index (χ4v) is 4.00. The lowest BCUT2D eigenvalue weighted by Crippen LogP contribution is -2.28. The van der Waals surface area contributed by atoms with E-state index < -0.39 is 0 Å². The monoisotopic (exact) mass is 452 g/mol. The number of benzene rings is 3. The Kier molecular flexibility index (Phi) is 5.91. The van der Waals surface area contributed by atoms with Gasteiger partial charge in [-0.2, -0.15) is 4.98 Å². The second-order valence-electron chi connectivity index (χ2n) is 8.52. The van der Waals surface area contributed by atoms with Crippen molar-refractivity contribution in [3.05, 3.63) is 90.0 Å². The second-order valence-corrected chi connectivity index (χ2v) is 8.52. The number of carbonyl (C=O) groups excluding carboxylic acids is 2. The average Bonchev–Trinajstić information content (AvgIpc) is 3.49. The molecule has 1 fully saturated rings. The number of carbonyl (C=O) groups is 2. The molecular weight excluding hydrogens is 428 g/mol. The summed E-state index contributed by atoms with van der Waals surface area (Å²) in [5.41, 5.74) is 4.53. The minimum atomic E-state index is -0.373. The van der Waals surface area contributed by atoms with Crippen molar-refractivity contribution in [2.24, 2.45) is 5.92 Å². The highest BCUT2D eigenvalue weighted by molar-refractivity contribution is 5.97. The number of amides is 2.